The normalized spacial score (nSPS) is 11.8. The van der Waals surface area contributed by atoms with Gasteiger partial charge >= 0.3 is 6.18 Å². The summed E-state index contributed by atoms with van der Waals surface area (Å²) in [5.74, 6) is 0.100. The first-order valence-electron chi connectivity index (χ1n) is 4.42. The van der Waals surface area contributed by atoms with E-state index in [9.17, 15) is 13.2 Å². The van der Waals surface area contributed by atoms with Crippen LogP contribution in [0.3, 0.4) is 0 Å². The van der Waals surface area contributed by atoms with Crippen LogP contribution in [-0.4, -0.2) is 21.4 Å². The Morgan fingerprint density at radius 2 is 2.00 bits per heavy atom. The highest BCUT2D eigenvalue weighted by molar-refractivity contribution is 7.98. The molecule has 0 amide bonds. The van der Waals surface area contributed by atoms with Crippen LogP contribution in [0.4, 0.5) is 13.2 Å². The number of aromatic nitrogens is 3. The van der Waals surface area contributed by atoms with Gasteiger partial charge in [0.05, 0.1) is 5.56 Å². The molecule has 4 nitrogen and oxygen atoms in total. The second-order valence-electron chi connectivity index (χ2n) is 3.01. The van der Waals surface area contributed by atoms with Gasteiger partial charge < -0.3 is 4.42 Å². The van der Waals surface area contributed by atoms with Crippen molar-refractivity contribution in [2.75, 3.05) is 6.26 Å². The summed E-state index contributed by atoms with van der Waals surface area (Å²) in [7, 11) is 0. The minimum absolute atomic E-state index is 0.100. The summed E-state index contributed by atoms with van der Waals surface area (Å²) >= 11 is 1.24. The van der Waals surface area contributed by atoms with E-state index in [1.807, 2.05) is 0 Å². The molecule has 0 aromatic carbocycles. The lowest BCUT2D eigenvalue weighted by molar-refractivity contribution is -0.137. The second kappa shape index (κ2) is 4.36. The van der Waals surface area contributed by atoms with Gasteiger partial charge in [-0.3, -0.25) is 4.98 Å². The van der Waals surface area contributed by atoms with Crippen molar-refractivity contribution in [1.82, 2.24) is 15.2 Å². The Hall–Kier alpha value is -1.57. The SMILES string of the molecule is CSc1nnc(-c2ccc(C(F)(F)F)cn2)o1. The van der Waals surface area contributed by atoms with E-state index in [-0.39, 0.29) is 11.6 Å². The standard InChI is InChI=1S/C9H6F3N3OS/c1-17-8-15-14-7(16-8)6-3-2-5(4-13-6)9(10,11)12/h2-4H,1H3. The number of rotatable bonds is 2. The van der Waals surface area contributed by atoms with Crippen LogP contribution >= 0.6 is 11.8 Å². The molecule has 0 radical (unpaired) electrons. The molecular weight excluding hydrogens is 255 g/mol. The summed E-state index contributed by atoms with van der Waals surface area (Å²) in [6.07, 6.45) is -1.92. The lowest BCUT2D eigenvalue weighted by Crippen LogP contribution is -2.05. The zero-order valence-electron chi connectivity index (χ0n) is 8.52. The molecule has 0 saturated heterocycles. The molecular formula is C9H6F3N3OS. The van der Waals surface area contributed by atoms with Crippen LogP contribution in [-0.2, 0) is 6.18 Å². The van der Waals surface area contributed by atoms with E-state index in [4.69, 9.17) is 4.42 Å². The Labute approximate surface area is 98.3 Å². The molecule has 2 aromatic heterocycles. The van der Waals surface area contributed by atoms with Crippen LogP contribution in [0.15, 0.2) is 28.0 Å². The molecule has 8 heteroatoms. The van der Waals surface area contributed by atoms with Crippen LogP contribution in [0, 0.1) is 0 Å². The van der Waals surface area contributed by atoms with E-state index >= 15 is 0 Å². The van der Waals surface area contributed by atoms with E-state index in [0.717, 1.165) is 12.3 Å². The van der Waals surface area contributed by atoms with Crippen molar-refractivity contribution < 1.29 is 17.6 Å². The van der Waals surface area contributed by atoms with Crippen molar-refractivity contribution in [2.45, 2.75) is 11.4 Å². The quantitative estimate of drug-likeness (QED) is 0.778. The largest absolute Gasteiger partial charge is 0.417 e. The maximum Gasteiger partial charge on any atom is 0.417 e. The van der Waals surface area contributed by atoms with E-state index in [0.29, 0.717) is 5.22 Å². The van der Waals surface area contributed by atoms with Gasteiger partial charge in [0, 0.05) is 6.20 Å². The molecule has 0 spiro atoms. The van der Waals surface area contributed by atoms with Crippen LogP contribution in [0.2, 0.25) is 0 Å². The molecule has 0 unspecified atom stereocenters. The highest BCUT2D eigenvalue weighted by Crippen LogP contribution is 2.29. The van der Waals surface area contributed by atoms with E-state index in [2.05, 4.69) is 15.2 Å². The minimum atomic E-state index is -4.40. The smallest absolute Gasteiger partial charge is 0.410 e. The summed E-state index contributed by atoms with van der Waals surface area (Å²) in [5, 5.41) is 7.67. The Morgan fingerprint density at radius 1 is 1.24 bits per heavy atom. The fraction of sp³-hybridized carbons (Fsp3) is 0.222. The summed E-state index contributed by atoms with van der Waals surface area (Å²) in [5.41, 5.74) is -0.600. The number of hydrogen-bond donors (Lipinski definition) is 0. The molecule has 0 saturated carbocycles. The molecule has 0 aliphatic heterocycles. The molecule has 0 aliphatic rings. The fourth-order valence-corrected chi connectivity index (χ4v) is 1.37. The van der Waals surface area contributed by atoms with E-state index < -0.39 is 11.7 Å². The average Bonchev–Trinajstić information content (AvgIpc) is 2.76. The van der Waals surface area contributed by atoms with Gasteiger partial charge in [-0.05, 0) is 18.4 Å². The Balaban J connectivity index is 2.29. The third kappa shape index (κ3) is 2.57. The molecule has 0 aliphatic carbocycles. The Morgan fingerprint density at radius 3 is 2.47 bits per heavy atom. The molecule has 0 N–H and O–H groups in total. The topological polar surface area (TPSA) is 51.8 Å². The van der Waals surface area contributed by atoms with Gasteiger partial charge in [-0.25, -0.2) is 0 Å². The number of alkyl halides is 3. The molecule has 2 heterocycles. The summed E-state index contributed by atoms with van der Waals surface area (Å²) < 4.78 is 42.0. The van der Waals surface area contributed by atoms with Crippen LogP contribution < -0.4 is 0 Å². The predicted octanol–water partition coefficient (Wildman–Crippen LogP) is 2.87. The maximum absolute atomic E-state index is 12.3. The Kier molecular flexibility index (Phi) is 3.05. The first kappa shape index (κ1) is 11.9. The molecule has 90 valence electrons. The van der Waals surface area contributed by atoms with Gasteiger partial charge in [0.25, 0.3) is 11.1 Å². The molecule has 2 aromatic rings. The zero-order chi connectivity index (χ0) is 12.5. The first-order valence-corrected chi connectivity index (χ1v) is 5.64. The number of hydrogen-bond acceptors (Lipinski definition) is 5. The van der Waals surface area contributed by atoms with Crippen molar-refractivity contribution in [3.8, 4) is 11.6 Å². The molecule has 0 bridgehead atoms. The predicted molar refractivity (Wildman–Crippen MR) is 54.3 cm³/mol. The van der Waals surface area contributed by atoms with Gasteiger partial charge in [-0.2, -0.15) is 13.2 Å². The van der Waals surface area contributed by atoms with Gasteiger partial charge in [-0.1, -0.05) is 11.8 Å². The molecule has 17 heavy (non-hydrogen) atoms. The Bertz CT molecular complexity index is 509. The number of halogens is 3. The summed E-state index contributed by atoms with van der Waals surface area (Å²) in [6, 6.07) is 2.12. The van der Waals surface area contributed by atoms with E-state index in [1.165, 1.54) is 17.8 Å². The third-order valence-corrected chi connectivity index (χ3v) is 2.41. The maximum atomic E-state index is 12.3. The van der Waals surface area contributed by atoms with Crippen molar-refractivity contribution in [3.05, 3.63) is 23.9 Å². The van der Waals surface area contributed by atoms with Crippen molar-refractivity contribution in [2.24, 2.45) is 0 Å². The van der Waals surface area contributed by atoms with Crippen molar-refractivity contribution in [3.63, 3.8) is 0 Å². The van der Waals surface area contributed by atoms with Crippen LogP contribution in [0.1, 0.15) is 5.56 Å². The minimum Gasteiger partial charge on any atom is -0.410 e. The fourth-order valence-electron chi connectivity index (χ4n) is 1.08. The summed E-state index contributed by atoms with van der Waals surface area (Å²) in [6.45, 7) is 0. The number of nitrogens with zero attached hydrogens (tertiary/aromatic N) is 3. The monoisotopic (exact) mass is 261 g/mol. The van der Waals surface area contributed by atoms with Gasteiger partial charge in [-0.15, -0.1) is 10.2 Å². The highest BCUT2D eigenvalue weighted by atomic mass is 32.2. The first-order chi connectivity index (χ1) is 8.00. The summed E-state index contributed by atoms with van der Waals surface area (Å²) in [4.78, 5) is 3.64. The van der Waals surface area contributed by atoms with Crippen LogP contribution in [0.25, 0.3) is 11.6 Å². The molecule has 2 rings (SSSR count). The highest BCUT2D eigenvalue weighted by Gasteiger charge is 2.30. The third-order valence-electron chi connectivity index (χ3n) is 1.89. The van der Waals surface area contributed by atoms with Gasteiger partial charge in [0.15, 0.2) is 0 Å². The number of thioether (sulfide) groups is 1. The molecule has 0 atom stereocenters. The zero-order valence-corrected chi connectivity index (χ0v) is 9.34. The lowest BCUT2D eigenvalue weighted by Gasteiger charge is -2.05. The second-order valence-corrected chi connectivity index (χ2v) is 3.76. The van der Waals surface area contributed by atoms with Crippen molar-refractivity contribution in [1.29, 1.82) is 0 Å². The lowest BCUT2D eigenvalue weighted by atomic mass is 10.2. The van der Waals surface area contributed by atoms with Gasteiger partial charge in [0.2, 0.25) is 0 Å². The average molecular weight is 261 g/mol. The van der Waals surface area contributed by atoms with Crippen molar-refractivity contribution >= 4 is 11.8 Å². The van der Waals surface area contributed by atoms with E-state index in [1.54, 1.807) is 6.26 Å². The van der Waals surface area contributed by atoms with Gasteiger partial charge in [0.1, 0.15) is 5.69 Å². The van der Waals surface area contributed by atoms with Crippen LogP contribution in [0.5, 0.6) is 0 Å². The number of pyridine rings is 1. The molecule has 0 fully saturated rings.